The summed E-state index contributed by atoms with van der Waals surface area (Å²) in [7, 11) is 0. The number of aryl methyl sites for hydroxylation is 1. The van der Waals surface area contributed by atoms with Crippen molar-refractivity contribution in [2.45, 2.75) is 20.0 Å². The molecular formula is C15H14N4OS. The normalized spacial score (nSPS) is 14.3. The van der Waals surface area contributed by atoms with E-state index in [2.05, 4.69) is 15.3 Å². The highest BCUT2D eigenvalue weighted by atomic mass is 32.1. The van der Waals surface area contributed by atoms with Crippen LogP contribution in [0.15, 0.2) is 29.2 Å². The standard InChI is InChI=1S/C15H14N4OS/c1-9-7-17-14(21-9)10-2-3-11-12(6-10)18-13-8-16-4-5-19(13)15(11)20/h2-3,6-7,16H,4-5,8H2,1H3. The zero-order chi connectivity index (χ0) is 14.4. The first-order valence-corrected chi connectivity index (χ1v) is 7.71. The molecule has 1 aromatic carbocycles. The summed E-state index contributed by atoms with van der Waals surface area (Å²) in [6.45, 7) is 4.18. The lowest BCUT2D eigenvalue weighted by Crippen LogP contribution is -2.37. The van der Waals surface area contributed by atoms with Gasteiger partial charge in [-0.05, 0) is 19.1 Å². The summed E-state index contributed by atoms with van der Waals surface area (Å²) in [4.78, 5) is 22.7. The van der Waals surface area contributed by atoms with Gasteiger partial charge in [-0.25, -0.2) is 9.97 Å². The molecule has 0 amide bonds. The van der Waals surface area contributed by atoms with E-state index in [-0.39, 0.29) is 5.56 Å². The van der Waals surface area contributed by atoms with Gasteiger partial charge in [0, 0.05) is 29.7 Å². The number of hydrogen-bond acceptors (Lipinski definition) is 5. The number of aromatic nitrogens is 3. The molecule has 0 fully saturated rings. The van der Waals surface area contributed by atoms with Crippen LogP contribution in [0.4, 0.5) is 0 Å². The SMILES string of the molecule is Cc1cnc(-c2ccc3c(=O)n4c(nc3c2)CNCC4)s1. The van der Waals surface area contributed by atoms with Crippen LogP contribution in [-0.4, -0.2) is 21.1 Å². The highest BCUT2D eigenvalue weighted by molar-refractivity contribution is 7.14. The fourth-order valence-corrected chi connectivity index (χ4v) is 3.41. The summed E-state index contributed by atoms with van der Waals surface area (Å²) in [5, 5.41) is 4.89. The molecule has 3 heterocycles. The van der Waals surface area contributed by atoms with Crippen molar-refractivity contribution in [2.75, 3.05) is 6.54 Å². The molecule has 0 saturated heterocycles. The monoisotopic (exact) mass is 298 g/mol. The van der Waals surface area contributed by atoms with Gasteiger partial charge in [0.15, 0.2) is 0 Å². The molecule has 3 aromatic rings. The first kappa shape index (κ1) is 12.7. The summed E-state index contributed by atoms with van der Waals surface area (Å²) in [5.41, 5.74) is 1.82. The Morgan fingerprint density at radius 1 is 1.38 bits per heavy atom. The Balaban J connectivity index is 1.94. The molecule has 5 nitrogen and oxygen atoms in total. The van der Waals surface area contributed by atoms with Gasteiger partial charge in [0.1, 0.15) is 10.8 Å². The number of fused-ring (bicyclic) bond motifs is 2. The second-order valence-electron chi connectivity index (χ2n) is 5.17. The van der Waals surface area contributed by atoms with Crippen LogP contribution in [0, 0.1) is 6.92 Å². The minimum atomic E-state index is 0.0540. The highest BCUT2D eigenvalue weighted by Crippen LogP contribution is 2.26. The molecule has 6 heteroatoms. The molecule has 21 heavy (non-hydrogen) atoms. The van der Waals surface area contributed by atoms with Gasteiger partial charge in [-0.15, -0.1) is 11.3 Å². The fourth-order valence-electron chi connectivity index (χ4n) is 2.64. The topological polar surface area (TPSA) is 59.8 Å². The third-order valence-electron chi connectivity index (χ3n) is 3.70. The van der Waals surface area contributed by atoms with Crippen LogP contribution in [0.5, 0.6) is 0 Å². The van der Waals surface area contributed by atoms with Crippen LogP contribution < -0.4 is 10.9 Å². The Hall–Kier alpha value is -2.05. The van der Waals surface area contributed by atoms with Crippen molar-refractivity contribution in [3.8, 4) is 10.6 Å². The van der Waals surface area contributed by atoms with Gasteiger partial charge in [-0.1, -0.05) is 6.07 Å². The van der Waals surface area contributed by atoms with Gasteiger partial charge in [0.25, 0.3) is 5.56 Å². The van der Waals surface area contributed by atoms with Gasteiger partial charge in [0.2, 0.25) is 0 Å². The van der Waals surface area contributed by atoms with Crippen LogP contribution in [-0.2, 0) is 13.1 Å². The molecule has 0 bridgehead atoms. The lowest BCUT2D eigenvalue weighted by Gasteiger charge is -2.18. The zero-order valence-electron chi connectivity index (χ0n) is 11.6. The molecule has 0 atom stereocenters. The lowest BCUT2D eigenvalue weighted by atomic mass is 10.1. The van der Waals surface area contributed by atoms with Crippen LogP contribution in [0.25, 0.3) is 21.5 Å². The van der Waals surface area contributed by atoms with Gasteiger partial charge in [0.05, 0.1) is 17.4 Å². The number of thiazole rings is 1. The molecule has 0 radical (unpaired) electrons. The van der Waals surface area contributed by atoms with E-state index in [1.54, 1.807) is 15.9 Å². The number of nitrogens with one attached hydrogen (secondary N) is 1. The Morgan fingerprint density at radius 3 is 3.10 bits per heavy atom. The minimum absolute atomic E-state index is 0.0540. The first-order valence-electron chi connectivity index (χ1n) is 6.89. The van der Waals surface area contributed by atoms with E-state index < -0.39 is 0 Å². The quantitative estimate of drug-likeness (QED) is 0.746. The number of nitrogens with zero attached hydrogens (tertiary/aromatic N) is 3. The molecule has 0 aliphatic carbocycles. The molecule has 106 valence electrons. The average molecular weight is 298 g/mol. The average Bonchev–Trinajstić information content (AvgIpc) is 2.94. The van der Waals surface area contributed by atoms with E-state index in [1.165, 1.54) is 4.88 Å². The van der Waals surface area contributed by atoms with Crippen molar-refractivity contribution in [3.63, 3.8) is 0 Å². The number of rotatable bonds is 1. The third-order valence-corrected chi connectivity index (χ3v) is 4.66. The minimum Gasteiger partial charge on any atom is -0.308 e. The highest BCUT2D eigenvalue weighted by Gasteiger charge is 2.15. The molecular weight excluding hydrogens is 284 g/mol. The van der Waals surface area contributed by atoms with Crippen molar-refractivity contribution in [2.24, 2.45) is 0 Å². The third kappa shape index (κ3) is 2.07. The summed E-state index contributed by atoms with van der Waals surface area (Å²) < 4.78 is 1.77. The molecule has 2 aromatic heterocycles. The Kier molecular flexibility index (Phi) is 2.87. The van der Waals surface area contributed by atoms with Crippen molar-refractivity contribution in [3.05, 3.63) is 45.5 Å². The summed E-state index contributed by atoms with van der Waals surface area (Å²) in [6, 6.07) is 5.79. The second-order valence-corrected chi connectivity index (χ2v) is 6.40. The van der Waals surface area contributed by atoms with Crippen LogP contribution >= 0.6 is 11.3 Å². The maximum atomic E-state index is 12.5. The van der Waals surface area contributed by atoms with Crippen LogP contribution in [0.2, 0.25) is 0 Å². The zero-order valence-corrected chi connectivity index (χ0v) is 12.4. The molecule has 0 unspecified atom stereocenters. The Morgan fingerprint density at radius 2 is 2.29 bits per heavy atom. The maximum Gasteiger partial charge on any atom is 0.261 e. The largest absolute Gasteiger partial charge is 0.308 e. The van der Waals surface area contributed by atoms with Crippen LogP contribution in [0.3, 0.4) is 0 Å². The smallest absolute Gasteiger partial charge is 0.261 e. The molecule has 4 rings (SSSR count). The van der Waals surface area contributed by atoms with E-state index in [4.69, 9.17) is 0 Å². The summed E-state index contributed by atoms with van der Waals surface area (Å²) in [6.07, 6.45) is 1.86. The van der Waals surface area contributed by atoms with Gasteiger partial charge < -0.3 is 5.32 Å². The Labute approximate surface area is 125 Å². The van der Waals surface area contributed by atoms with E-state index in [0.717, 1.165) is 28.5 Å². The van der Waals surface area contributed by atoms with Crippen LogP contribution in [0.1, 0.15) is 10.7 Å². The summed E-state index contributed by atoms with van der Waals surface area (Å²) in [5.74, 6) is 0.811. The first-order chi connectivity index (χ1) is 10.2. The lowest BCUT2D eigenvalue weighted by molar-refractivity contribution is 0.486. The van der Waals surface area contributed by atoms with E-state index >= 15 is 0 Å². The molecule has 0 spiro atoms. The molecule has 1 aliphatic rings. The number of benzene rings is 1. The van der Waals surface area contributed by atoms with E-state index in [9.17, 15) is 4.79 Å². The van der Waals surface area contributed by atoms with Crippen molar-refractivity contribution in [1.29, 1.82) is 0 Å². The van der Waals surface area contributed by atoms with Gasteiger partial charge >= 0.3 is 0 Å². The van der Waals surface area contributed by atoms with Gasteiger partial charge in [-0.3, -0.25) is 9.36 Å². The Bertz CT molecular complexity index is 896. The second kappa shape index (κ2) is 4.75. The van der Waals surface area contributed by atoms with Gasteiger partial charge in [-0.2, -0.15) is 0 Å². The fraction of sp³-hybridized carbons (Fsp3) is 0.267. The van der Waals surface area contributed by atoms with E-state index in [1.807, 2.05) is 31.3 Å². The summed E-state index contributed by atoms with van der Waals surface area (Å²) >= 11 is 1.65. The van der Waals surface area contributed by atoms with Crippen molar-refractivity contribution < 1.29 is 0 Å². The predicted molar refractivity (Wildman–Crippen MR) is 83.6 cm³/mol. The number of hydrogen-bond donors (Lipinski definition) is 1. The predicted octanol–water partition coefficient (Wildman–Crippen LogP) is 1.93. The van der Waals surface area contributed by atoms with Crippen molar-refractivity contribution >= 4 is 22.2 Å². The molecule has 1 N–H and O–H groups in total. The molecule has 0 saturated carbocycles. The van der Waals surface area contributed by atoms with E-state index in [0.29, 0.717) is 18.5 Å². The molecule has 1 aliphatic heterocycles. The maximum absolute atomic E-state index is 12.5. The van der Waals surface area contributed by atoms with Crippen molar-refractivity contribution in [1.82, 2.24) is 19.9 Å².